The molecule has 21 heavy (non-hydrogen) atoms. The molecule has 0 saturated carbocycles. The first-order chi connectivity index (χ1) is 9.90. The van der Waals surface area contributed by atoms with E-state index in [1.807, 2.05) is 0 Å². The van der Waals surface area contributed by atoms with Crippen molar-refractivity contribution in [3.63, 3.8) is 0 Å². The highest BCUT2D eigenvalue weighted by molar-refractivity contribution is 5.27. The molecule has 2 heteroatoms. The Bertz CT molecular complexity index is 447. The monoisotopic (exact) mass is 288 g/mol. The predicted octanol–water partition coefficient (Wildman–Crippen LogP) is 4.34. The predicted molar refractivity (Wildman–Crippen MR) is 91.4 cm³/mol. The highest BCUT2D eigenvalue weighted by atomic mass is 15.2. The fourth-order valence-corrected chi connectivity index (χ4v) is 3.29. The van der Waals surface area contributed by atoms with Gasteiger partial charge in [0, 0.05) is 30.7 Å². The summed E-state index contributed by atoms with van der Waals surface area (Å²) in [4.78, 5) is 2.70. The Morgan fingerprint density at radius 3 is 2.43 bits per heavy atom. The van der Waals surface area contributed by atoms with E-state index in [1.165, 1.54) is 30.4 Å². The third-order valence-corrected chi connectivity index (χ3v) is 4.70. The minimum Gasteiger partial charge on any atom is -0.308 e. The SMILES string of the molecule is CCC1CCC(C)N1Cc1ccccc1CNC(C)(C)C. The molecule has 1 saturated heterocycles. The molecule has 0 bridgehead atoms. The Hall–Kier alpha value is -0.860. The Kier molecular flexibility index (Phi) is 5.45. The van der Waals surface area contributed by atoms with Crippen molar-refractivity contribution in [3.8, 4) is 0 Å². The number of hydrogen-bond acceptors (Lipinski definition) is 2. The number of rotatable bonds is 5. The highest BCUT2D eigenvalue weighted by Gasteiger charge is 2.29. The van der Waals surface area contributed by atoms with E-state index < -0.39 is 0 Å². The molecule has 0 radical (unpaired) electrons. The molecule has 1 N–H and O–H groups in total. The lowest BCUT2D eigenvalue weighted by atomic mass is 10.0. The van der Waals surface area contributed by atoms with Gasteiger partial charge in [0.05, 0.1) is 0 Å². The van der Waals surface area contributed by atoms with Crippen LogP contribution in [0.3, 0.4) is 0 Å². The van der Waals surface area contributed by atoms with Crippen molar-refractivity contribution in [1.82, 2.24) is 10.2 Å². The second kappa shape index (κ2) is 6.93. The van der Waals surface area contributed by atoms with Crippen LogP contribution in [-0.2, 0) is 13.1 Å². The molecule has 118 valence electrons. The van der Waals surface area contributed by atoms with Gasteiger partial charge in [-0.05, 0) is 58.1 Å². The summed E-state index contributed by atoms with van der Waals surface area (Å²) in [5.41, 5.74) is 3.10. The highest BCUT2D eigenvalue weighted by Crippen LogP contribution is 2.28. The molecule has 1 heterocycles. The fraction of sp³-hybridized carbons (Fsp3) is 0.684. The van der Waals surface area contributed by atoms with E-state index in [9.17, 15) is 0 Å². The summed E-state index contributed by atoms with van der Waals surface area (Å²) in [6, 6.07) is 10.4. The Morgan fingerprint density at radius 2 is 1.81 bits per heavy atom. The summed E-state index contributed by atoms with van der Waals surface area (Å²) in [5.74, 6) is 0. The maximum atomic E-state index is 3.62. The van der Waals surface area contributed by atoms with Gasteiger partial charge < -0.3 is 5.32 Å². The van der Waals surface area contributed by atoms with E-state index in [-0.39, 0.29) is 5.54 Å². The summed E-state index contributed by atoms with van der Waals surface area (Å²) in [5, 5.41) is 3.62. The largest absolute Gasteiger partial charge is 0.308 e. The van der Waals surface area contributed by atoms with Crippen molar-refractivity contribution in [2.45, 2.75) is 84.6 Å². The van der Waals surface area contributed by atoms with E-state index in [0.717, 1.165) is 25.2 Å². The quantitative estimate of drug-likeness (QED) is 0.867. The molecule has 0 spiro atoms. The number of nitrogens with one attached hydrogen (secondary N) is 1. The summed E-state index contributed by atoms with van der Waals surface area (Å²) >= 11 is 0. The molecular formula is C19H32N2. The third-order valence-electron chi connectivity index (χ3n) is 4.70. The number of benzene rings is 1. The van der Waals surface area contributed by atoms with E-state index in [2.05, 4.69) is 69.1 Å². The van der Waals surface area contributed by atoms with Crippen LogP contribution in [0.25, 0.3) is 0 Å². The molecule has 0 aliphatic carbocycles. The average molecular weight is 288 g/mol. The first-order valence-electron chi connectivity index (χ1n) is 8.48. The number of nitrogens with zero attached hydrogens (tertiary/aromatic N) is 1. The van der Waals surface area contributed by atoms with Crippen molar-refractivity contribution in [2.75, 3.05) is 0 Å². The molecule has 2 rings (SSSR count). The topological polar surface area (TPSA) is 15.3 Å². The van der Waals surface area contributed by atoms with Crippen LogP contribution in [0.4, 0.5) is 0 Å². The smallest absolute Gasteiger partial charge is 0.0242 e. The zero-order valence-electron chi connectivity index (χ0n) is 14.4. The van der Waals surface area contributed by atoms with Gasteiger partial charge in [0.1, 0.15) is 0 Å². The molecule has 2 unspecified atom stereocenters. The minimum absolute atomic E-state index is 0.167. The first-order valence-corrected chi connectivity index (χ1v) is 8.48. The molecule has 1 aliphatic rings. The summed E-state index contributed by atoms with van der Waals surface area (Å²) in [6.45, 7) is 13.4. The molecule has 2 nitrogen and oxygen atoms in total. The van der Waals surface area contributed by atoms with E-state index in [4.69, 9.17) is 0 Å². The zero-order chi connectivity index (χ0) is 15.5. The minimum atomic E-state index is 0.167. The lowest BCUT2D eigenvalue weighted by Crippen LogP contribution is -2.36. The third kappa shape index (κ3) is 4.55. The van der Waals surface area contributed by atoms with Crippen LogP contribution < -0.4 is 5.32 Å². The molecule has 1 aromatic carbocycles. The van der Waals surface area contributed by atoms with Crippen LogP contribution in [0, 0.1) is 0 Å². The lowest BCUT2D eigenvalue weighted by Gasteiger charge is -2.29. The van der Waals surface area contributed by atoms with Gasteiger partial charge in [0.2, 0.25) is 0 Å². The van der Waals surface area contributed by atoms with Gasteiger partial charge in [0.15, 0.2) is 0 Å². The molecule has 1 fully saturated rings. The number of likely N-dealkylation sites (tertiary alicyclic amines) is 1. The maximum absolute atomic E-state index is 3.62. The second-order valence-corrected chi connectivity index (χ2v) is 7.53. The van der Waals surface area contributed by atoms with Gasteiger partial charge in [-0.1, -0.05) is 31.2 Å². The normalized spacial score (nSPS) is 23.7. The molecule has 1 aliphatic heterocycles. The Labute approximate surface area is 130 Å². The van der Waals surface area contributed by atoms with Crippen LogP contribution in [0.1, 0.15) is 65.0 Å². The van der Waals surface area contributed by atoms with Crippen molar-refractivity contribution in [2.24, 2.45) is 0 Å². The molecular weight excluding hydrogens is 256 g/mol. The summed E-state index contributed by atoms with van der Waals surface area (Å²) in [7, 11) is 0. The van der Waals surface area contributed by atoms with Crippen molar-refractivity contribution in [1.29, 1.82) is 0 Å². The molecule has 0 aromatic heterocycles. The van der Waals surface area contributed by atoms with Crippen LogP contribution in [-0.4, -0.2) is 22.5 Å². The van der Waals surface area contributed by atoms with Gasteiger partial charge in [-0.15, -0.1) is 0 Å². The van der Waals surface area contributed by atoms with E-state index >= 15 is 0 Å². The first kappa shape index (κ1) is 16.5. The summed E-state index contributed by atoms with van der Waals surface area (Å²) in [6.07, 6.45) is 3.98. The average Bonchev–Trinajstić information content (AvgIpc) is 2.78. The van der Waals surface area contributed by atoms with Crippen molar-refractivity contribution < 1.29 is 0 Å². The van der Waals surface area contributed by atoms with E-state index in [0.29, 0.717) is 0 Å². The second-order valence-electron chi connectivity index (χ2n) is 7.53. The van der Waals surface area contributed by atoms with Gasteiger partial charge in [-0.2, -0.15) is 0 Å². The lowest BCUT2D eigenvalue weighted by molar-refractivity contribution is 0.189. The standard InChI is InChI=1S/C19H32N2/c1-6-18-12-11-15(2)21(18)14-17-10-8-7-9-16(17)13-20-19(3,4)5/h7-10,15,18,20H,6,11-14H2,1-5H3. The Balaban J connectivity index is 2.09. The number of hydrogen-bond donors (Lipinski definition) is 1. The van der Waals surface area contributed by atoms with Crippen molar-refractivity contribution in [3.05, 3.63) is 35.4 Å². The summed E-state index contributed by atoms with van der Waals surface area (Å²) < 4.78 is 0. The zero-order valence-corrected chi connectivity index (χ0v) is 14.4. The van der Waals surface area contributed by atoms with Gasteiger partial charge in [-0.25, -0.2) is 0 Å². The van der Waals surface area contributed by atoms with E-state index in [1.54, 1.807) is 0 Å². The van der Waals surface area contributed by atoms with Crippen molar-refractivity contribution >= 4 is 0 Å². The van der Waals surface area contributed by atoms with Gasteiger partial charge >= 0.3 is 0 Å². The molecule has 2 atom stereocenters. The van der Waals surface area contributed by atoms with Crippen LogP contribution >= 0.6 is 0 Å². The van der Waals surface area contributed by atoms with Crippen LogP contribution in [0.15, 0.2) is 24.3 Å². The maximum Gasteiger partial charge on any atom is 0.0242 e. The van der Waals surface area contributed by atoms with Crippen LogP contribution in [0.2, 0.25) is 0 Å². The Morgan fingerprint density at radius 1 is 1.14 bits per heavy atom. The fourth-order valence-electron chi connectivity index (χ4n) is 3.29. The van der Waals surface area contributed by atoms with Crippen LogP contribution in [0.5, 0.6) is 0 Å². The molecule has 1 aromatic rings. The molecule has 0 amide bonds. The van der Waals surface area contributed by atoms with Gasteiger partial charge in [0.25, 0.3) is 0 Å². The van der Waals surface area contributed by atoms with Gasteiger partial charge in [-0.3, -0.25) is 4.90 Å².